The van der Waals surface area contributed by atoms with Crippen molar-refractivity contribution < 1.29 is 8.95 Å². The van der Waals surface area contributed by atoms with E-state index in [0.717, 1.165) is 18.6 Å². The molecule has 3 nitrogen and oxygen atoms in total. The molecule has 0 aromatic heterocycles. The van der Waals surface area contributed by atoms with Gasteiger partial charge in [0, 0.05) is 16.6 Å². The maximum atomic E-state index is 11.5. The lowest BCUT2D eigenvalue weighted by molar-refractivity contribution is 0.341. The average molecular weight is 251 g/mol. The first kappa shape index (κ1) is 13.7. The minimum atomic E-state index is -0.810. The lowest BCUT2D eigenvalue weighted by atomic mass is 10.2. The van der Waals surface area contributed by atoms with E-state index in [2.05, 4.69) is 13.0 Å². The van der Waals surface area contributed by atoms with Crippen molar-refractivity contribution in [2.75, 3.05) is 18.1 Å². The van der Waals surface area contributed by atoms with E-state index in [1.807, 2.05) is 6.07 Å². The van der Waals surface area contributed by atoms with Gasteiger partial charge in [0.15, 0.2) is 0 Å². The third-order valence-corrected chi connectivity index (χ3v) is 3.67. The van der Waals surface area contributed by atoms with Gasteiger partial charge >= 0.3 is 0 Å². The second-order valence-electron chi connectivity index (χ2n) is 3.66. The van der Waals surface area contributed by atoms with E-state index >= 15 is 0 Å². The summed E-state index contributed by atoms with van der Waals surface area (Å²) in [4.78, 5) is 0. The fourth-order valence-corrected chi connectivity index (χ4v) is 2.42. The normalized spacial score (nSPS) is 11.8. The van der Waals surface area contributed by atoms with Gasteiger partial charge in [-0.1, -0.05) is 25.5 Å². The topological polar surface area (TPSA) is 50.1 Å². The SMILES string of the molecule is CCCCS(=O)CCOc1ccccc1C#N. The van der Waals surface area contributed by atoms with E-state index in [0.29, 0.717) is 23.7 Å². The molecule has 0 aliphatic heterocycles. The molecule has 4 heteroatoms. The van der Waals surface area contributed by atoms with Crippen LogP contribution >= 0.6 is 0 Å². The summed E-state index contributed by atoms with van der Waals surface area (Å²) in [6.07, 6.45) is 2.05. The lowest BCUT2D eigenvalue weighted by Gasteiger charge is -2.07. The quantitative estimate of drug-likeness (QED) is 0.748. The summed E-state index contributed by atoms with van der Waals surface area (Å²) in [6, 6.07) is 9.16. The number of benzene rings is 1. The predicted octanol–water partition coefficient (Wildman–Crippen LogP) is 2.49. The summed E-state index contributed by atoms with van der Waals surface area (Å²) in [5, 5.41) is 8.85. The van der Waals surface area contributed by atoms with E-state index in [1.165, 1.54) is 0 Å². The zero-order chi connectivity index (χ0) is 12.5. The van der Waals surface area contributed by atoms with Crippen molar-refractivity contribution in [3.05, 3.63) is 29.8 Å². The van der Waals surface area contributed by atoms with Crippen LogP contribution in [-0.4, -0.2) is 22.3 Å². The monoisotopic (exact) mass is 251 g/mol. The van der Waals surface area contributed by atoms with Gasteiger partial charge < -0.3 is 4.74 Å². The van der Waals surface area contributed by atoms with Crippen LogP contribution < -0.4 is 4.74 Å². The molecule has 0 aliphatic carbocycles. The van der Waals surface area contributed by atoms with Crippen LogP contribution in [-0.2, 0) is 10.8 Å². The molecule has 0 amide bonds. The number of rotatable bonds is 7. The zero-order valence-electron chi connectivity index (χ0n) is 10.0. The smallest absolute Gasteiger partial charge is 0.137 e. The molecule has 0 saturated heterocycles. The molecule has 0 spiro atoms. The van der Waals surface area contributed by atoms with Gasteiger partial charge in [-0.05, 0) is 18.6 Å². The van der Waals surface area contributed by atoms with E-state index in [-0.39, 0.29) is 0 Å². The fourth-order valence-electron chi connectivity index (χ4n) is 1.34. The molecule has 0 fully saturated rings. The molecule has 0 heterocycles. The van der Waals surface area contributed by atoms with Gasteiger partial charge in [0.25, 0.3) is 0 Å². The summed E-state index contributed by atoms with van der Waals surface area (Å²) >= 11 is 0. The number of para-hydroxylation sites is 1. The Bertz CT molecular complexity index is 412. The maximum Gasteiger partial charge on any atom is 0.137 e. The third kappa shape index (κ3) is 5.01. The highest BCUT2D eigenvalue weighted by atomic mass is 32.2. The number of nitriles is 1. The van der Waals surface area contributed by atoms with Crippen LogP contribution in [0.3, 0.4) is 0 Å². The van der Waals surface area contributed by atoms with Gasteiger partial charge in [-0.2, -0.15) is 5.26 Å². The van der Waals surface area contributed by atoms with Crippen molar-refractivity contribution in [1.29, 1.82) is 5.26 Å². The van der Waals surface area contributed by atoms with Crippen LogP contribution in [0, 0.1) is 11.3 Å². The second kappa shape index (κ2) is 7.86. The minimum absolute atomic E-state index is 0.398. The molecule has 1 unspecified atom stereocenters. The Labute approximate surface area is 105 Å². The molecule has 17 heavy (non-hydrogen) atoms. The van der Waals surface area contributed by atoms with E-state index in [9.17, 15) is 4.21 Å². The molecule has 1 atom stereocenters. The Hall–Kier alpha value is -1.34. The highest BCUT2D eigenvalue weighted by Crippen LogP contribution is 2.16. The van der Waals surface area contributed by atoms with Crippen LogP contribution in [0.15, 0.2) is 24.3 Å². The fraction of sp³-hybridized carbons (Fsp3) is 0.462. The van der Waals surface area contributed by atoms with Gasteiger partial charge in [0.05, 0.1) is 17.9 Å². The zero-order valence-corrected chi connectivity index (χ0v) is 10.8. The van der Waals surface area contributed by atoms with E-state index in [4.69, 9.17) is 10.00 Å². The van der Waals surface area contributed by atoms with Gasteiger partial charge in [-0.25, -0.2) is 0 Å². The molecule has 92 valence electrons. The highest BCUT2D eigenvalue weighted by Gasteiger charge is 2.03. The van der Waals surface area contributed by atoms with Gasteiger partial charge in [0.2, 0.25) is 0 Å². The first-order chi connectivity index (χ1) is 8.27. The molecule has 1 rings (SSSR count). The highest BCUT2D eigenvalue weighted by molar-refractivity contribution is 7.84. The summed E-state index contributed by atoms with van der Waals surface area (Å²) in [5.41, 5.74) is 0.520. The molecule has 0 saturated carbocycles. The Morgan fingerprint density at radius 1 is 1.35 bits per heavy atom. The second-order valence-corrected chi connectivity index (χ2v) is 5.35. The first-order valence-corrected chi connectivity index (χ1v) is 7.23. The Kier molecular flexibility index (Phi) is 6.34. The molecular formula is C13H17NO2S. The average Bonchev–Trinajstić information content (AvgIpc) is 2.37. The molecular weight excluding hydrogens is 234 g/mol. The lowest BCUT2D eigenvalue weighted by Crippen LogP contribution is -2.11. The Balaban J connectivity index is 2.36. The molecule has 0 N–H and O–H groups in total. The molecule has 1 aromatic carbocycles. The Morgan fingerprint density at radius 3 is 2.82 bits per heavy atom. The van der Waals surface area contributed by atoms with Crippen LogP contribution in [0.5, 0.6) is 5.75 Å². The third-order valence-electron chi connectivity index (χ3n) is 2.30. The number of nitrogens with zero attached hydrogens (tertiary/aromatic N) is 1. The van der Waals surface area contributed by atoms with Gasteiger partial charge in [0.1, 0.15) is 11.8 Å². The summed E-state index contributed by atoms with van der Waals surface area (Å²) < 4.78 is 17.0. The first-order valence-electron chi connectivity index (χ1n) is 5.74. The predicted molar refractivity (Wildman–Crippen MR) is 69.4 cm³/mol. The maximum absolute atomic E-state index is 11.5. The van der Waals surface area contributed by atoms with Crippen molar-refractivity contribution in [2.24, 2.45) is 0 Å². The molecule has 0 aliphatic rings. The van der Waals surface area contributed by atoms with E-state index < -0.39 is 10.8 Å². The van der Waals surface area contributed by atoms with Gasteiger partial charge in [-0.3, -0.25) is 4.21 Å². The largest absolute Gasteiger partial charge is 0.491 e. The van der Waals surface area contributed by atoms with Gasteiger partial charge in [-0.15, -0.1) is 0 Å². The van der Waals surface area contributed by atoms with Crippen molar-refractivity contribution in [3.8, 4) is 11.8 Å². The van der Waals surface area contributed by atoms with Crippen molar-refractivity contribution in [1.82, 2.24) is 0 Å². The van der Waals surface area contributed by atoms with Crippen molar-refractivity contribution >= 4 is 10.8 Å². The van der Waals surface area contributed by atoms with Crippen LogP contribution in [0.4, 0.5) is 0 Å². The number of unbranched alkanes of at least 4 members (excludes halogenated alkanes) is 1. The summed E-state index contributed by atoms with van der Waals surface area (Å²) in [6.45, 7) is 2.48. The van der Waals surface area contributed by atoms with Crippen LogP contribution in [0.2, 0.25) is 0 Å². The van der Waals surface area contributed by atoms with Crippen molar-refractivity contribution in [2.45, 2.75) is 19.8 Å². The number of hydrogen-bond acceptors (Lipinski definition) is 3. The molecule has 0 bridgehead atoms. The summed E-state index contributed by atoms with van der Waals surface area (Å²) in [5.74, 6) is 1.84. The molecule has 1 aromatic rings. The number of ether oxygens (including phenoxy) is 1. The Morgan fingerprint density at radius 2 is 2.12 bits per heavy atom. The van der Waals surface area contributed by atoms with Crippen LogP contribution in [0.1, 0.15) is 25.3 Å². The van der Waals surface area contributed by atoms with Crippen molar-refractivity contribution in [3.63, 3.8) is 0 Å². The summed E-state index contributed by atoms with van der Waals surface area (Å²) in [7, 11) is -0.810. The van der Waals surface area contributed by atoms with Crippen LogP contribution in [0.25, 0.3) is 0 Å². The standard InChI is InChI=1S/C13H17NO2S/c1-2-3-9-17(15)10-8-16-13-7-5-4-6-12(13)11-14/h4-7H,2-3,8-10H2,1H3. The van der Waals surface area contributed by atoms with E-state index in [1.54, 1.807) is 18.2 Å². The number of hydrogen-bond donors (Lipinski definition) is 0. The molecule has 0 radical (unpaired) electrons. The minimum Gasteiger partial charge on any atom is -0.491 e.